The monoisotopic (exact) mass is 211 g/mol. The van der Waals surface area contributed by atoms with Gasteiger partial charge >= 0.3 is 0 Å². The van der Waals surface area contributed by atoms with Gasteiger partial charge in [-0.3, -0.25) is 0 Å². The molecule has 1 aliphatic rings. The highest BCUT2D eigenvalue weighted by molar-refractivity contribution is 5.27. The largest absolute Gasteiger partial charge is 0.384 e. The van der Waals surface area contributed by atoms with Crippen LogP contribution in [-0.2, 0) is 0 Å². The van der Waals surface area contributed by atoms with Crippen LogP contribution in [0.15, 0.2) is 4.52 Å². The maximum absolute atomic E-state index is 9.28. The third-order valence-electron chi connectivity index (χ3n) is 2.68. The summed E-state index contributed by atoms with van der Waals surface area (Å²) in [6.07, 6.45) is 4.23. The van der Waals surface area contributed by atoms with E-state index in [0.29, 0.717) is 11.8 Å². The molecule has 1 aromatic heterocycles. The highest BCUT2D eigenvalue weighted by Crippen LogP contribution is 2.18. The molecule has 0 saturated carbocycles. The first-order chi connectivity index (χ1) is 7.27. The molecule has 5 heteroatoms. The van der Waals surface area contributed by atoms with Gasteiger partial charge in [-0.25, -0.2) is 0 Å². The van der Waals surface area contributed by atoms with E-state index in [9.17, 15) is 5.11 Å². The van der Waals surface area contributed by atoms with Gasteiger partial charge in [0.2, 0.25) is 0 Å². The molecule has 1 N–H and O–H groups in total. The number of aromatic nitrogens is 2. The Kier molecular flexibility index (Phi) is 3.20. The van der Waals surface area contributed by atoms with Crippen molar-refractivity contribution in [2.75, 3.05) is 18.0 Å². The summed E-state index contributed by atoms with van der Waals surface area (Å²) in [5.41, 5.74) is 0. The molecular weight excluding hydrogens is 194 g/mol. The molecule has 1 atom stereocenters. The van der Waals surface area contributed by atoms with Crippen LogP contribution < -0.4 is 4.90 Å². The first kappa shape index (κ1) is 10.4. The molecule has 0 bridgehead atoms. The van der Waals surface area contributed by atoms with Gasteiger partial charge in [0, 0.05) is 13.1 Å². The molecule has 2 rings (SSSR count). The summed E-state index contributed by atoms with van der Waals surface area (Å²) in [5.74, 6) is 0.919. The van der Waals surface area contributed by atoms with Gasteiger partial charge in [0.1, 0.15) is 6.10 Å². The van der Waals surface area contributed by atoms with Gasteiger partial charge in [-0.2, -0.15) is 4.98 Å². The highest BCUT2D eigenvalue weighted by Gasteiger charge is 2.17. The van der Waals surface area contributed by atoms with Gasteiger partial charge in [0.25, 0.3) is 11.8 Å². The number of aliphatic hydroxyl groups is 1. The van der Waals surface area contributed by atoms with Crippen LogP contribution >= 0.6 is 0 Å². The van der Waals surface area contributed by atoms with Crippen LogP contribution in [0.3, 0.4) is 0 Å². The molecule has 0 radical (unpaired) electrons. The van der Waals surface area contributed by atoms with Crippen molar-refractivity contribution in [2.24, 2.45) is 0 Å². The molecule has 0 aromatic carbocycles. The quantitative estimate of drug-likeness (QED) is 0.803. The van der Waals surface area contributed by atoms with E-state index in [1.165, 1.54) is 25.7 Å². The number of rotatable bonds is 2. The average Bonchev–Trinajstić information content (AvgIpc) is 2.55. The smallest absolute Gasteiger partial charge is 0.266 e. The molecule has 2 heterocycles. The van der Waals surface area contributed by atoms with Crippen LogP contribution in [0.2, 0.25) is 0 Å². The van der Waals surface area contributed by atoms with Gasteiger partial charge in [-0.05, 0) is 24.9 Å². The van der Waals surface area contributed by atoms with Crippen LogP contribution in [0.1, 0.15) is 44.6 Å². The maximum atomic E-state index is 9.28. The lowest BCUT2D eigenvalue weighted by Gasteiger charge is -2.16. The summed E-state index contributed by atoms with van der Waals surface area (Å²) < 4.78 is 4.97. The van der Waals surface area contributed by atoms with Crippen LogP contribution in [0.5, 0.6) is 0 Å². The lowest BCUT2D eigenvalue weighted by molar-refractivity contribution is 0.152. The Morgan fingerprint density at radius 3 is 2.47 bits per heavy atom. The van der Waals surface area contributed by atoms with E-state index < -0.39 is 6.10 Å². The molecule has 1 aromatic rings. The van der Waals surface area contributed by atoms with Crippen molar-refractivity contribution in [2.45, 2.75) is 38.7 Å². The first-order valence-electron chi connectivity index (χ1n) is 5.54. The summed E-state index contributed by atoms with van der Waals surface area (Å²) in [6, 6.07) is 0. The van der Waals surface area contributed by atoms with Crippen molar-refractivity contribution in [3.8, 4) is 0 Å². The van der Waals surface area contributed by atoms with E-state index in [1.807, 2.05) is 0 Å². The van der Waals surface area contributed by atoms with Crippen molar-refractivity contribution in [1.82, 2.24) is 10.1 Å². The molecule has 5 nitrogen and oxygen atoms in total. The predicted octanol–water partition coefficient (Wildman–Crippen LogP) is 1.50. The Bertz CT molecular complexity index is 303. The summed E-state index contributed by atoms with van der Waals surface area (Å²) >= 11 is 0. The Balaban J connectivity index is 2.06. The van der Waals surface area contributed by atoms with Crippen molar-refractivity contribution < 1.29 is 9.63 Å². The normalized spacial score (nSPS) is 20.0. The maximum Gasteiger partial charge on any atom is 0.266 e. The summed E-state index contributed by atoms with van der Waals surface area (Å²) in [7, 11) is 0. The molecule has 0 spiro atoms. The Hall–Kier alpha value is -1.10. The van der Waals surface area contributed by atoms with Crippen LogP contribution in [0, 0.1) is 0 Å². The second kappa shape index (κ2) is 4.61. The van der Waals surface area contributed by atoms with Crippen molar-refractivity contribution >= 4 is 5.95 Å². The number of anilines is 1. The van der Waals surface area contributed by atoms with E-state index in [0.717, 1.165) is 13.1 Å². The van der Waals surface area contributed by atoms with E-state index in [2.05, 4.69) is 15.0 Å². The van der Waals surface area contributed by atoms with Crippen molar-refractivity contribution in [3.63, 3.8) is 0 Å². The minimum Gasteiger partial charge on any atom is -0.384 e. The summed E-state index contributed by atoms with van der Waals surface area (Å²) in [4.78, 5) is 6.30. The second-order valence-electron chi connectivity index (χ2n) is 4.01. The van der Waals surface area contributed by atoms with Gasteiger partial charge in [0.15, 0.2) is 0 Å². The van der Waals surface area contributed by atoms with Crippen molar-refractivity contribution in [1.29, 1.82) is 0 Å². The second-order valence-corrected chi connectivity index (χ2v) is 4.01. The predicted molar refractivity (Wildman–Crippen MR) is 55.6 cm³/mol. The van der Waals surface area contributed by atoms with Gasteiger partial charge in [-0.15, -0.1) is 0 Å². The van der Waals surface area contributed by atoms with Gasteiger partial charge < -0.3 is 14.5 Å². The third kappa shape index (κ3) is 2.47. The summed E-state index contributed by atoms with van der Waals surface area (Å²) in [6.45, 7) is 3.59. The molecule has 1 fully saturated rings. The fourth-order valence-electron chi connectivity index (χ4n) is 1.80. The van der Waals surface area contributed by atoms with Crippen LogP contribution in [0.4, 0.5) is 5.95 Å². The van der Waals surface area contributed by atoms with Crippen molar-refractivity contribution in [3.05, 3.63) is 5.89 Å². The Morgan fingerprint density at radius 2 is 1.93 bits per heavy atom. The lowest BCUT2D eigenvalue weighted by Crippen LogP contribution is -2.25. The molecule has 15 heavy (non-hydrogen) atoms. The molecule has 1 saturated heterocycles. The highest BCUT2D eigenvalue weighted by atomic mass is 16.5. The van der Waals surface area contributed by atoms with E-state index >= 15 is 0 Å². The number of hydrogen-bond donors (Lipinski definition) is 1. The van der Waals surface area contributed by atoms with Gasteiger partial charge in [0.05, 0.1) is 0 Å². The van der Waals surface area contributed by atoms with E-state index in [-0.39, 0.29) is 0 Å². The zero-order valence-electron chi connectivity index (χ0n) is 9.02. The minimum atomic E-state index is -0.682. The van der Waals surface area contributed by atoms with Crippen LogP contribution in [0.25, 0.3) is 0 Å². The lowest BCUT2D eigenvalue weighted by atomic mass is 10.2. The zero-order chi connectivity index (χ0) is 10.7. The third-order valence-corrected chi connectivity index (χ3v) is 2.68. The topological polar surface area (TPSA) is 62.4 Å². The molecule has 84 valence electrons. The number of aliphatic hydroxyl groups excluding tert-OH is 1. The first-order valence-corrected chi connectivity index (χ1v) is 5.54. The average molecular weight is 211 g/mol. The fourth-order valence-corrected chi connectivity index (χ4v) is 1.80. The number of nitrogens with zero attached hydrogens (tertiary/aromatic N) is 3. The van der Waals surface area contributed by atoms with Gasteiger partial charge in [-0.1, -0.05) is 12.8 Å². The molecular formula is C10H17N3O2. The standard InChI is InChI=1S/C10H17N3O2/c1-8(14)9-11-10(12-15-9)13-6-4-2-3-5-7-13/h8,14H,2-7H2,1H3/t8-/m0/s1. The molecule has 0 amide bonds. The molecule has 0 unspecified atom stereocenters. The van der Waals surface area contributed by atoms with E-state index in [4.69, 9.17) is 4.52 Å². The molecule has 1 aliphatic heterocycles. The SMILES string of the molecule is C[C@H](O)c1nc(N2CCCCCC2)no1. The fraction of sp³-hybridized carbons (Fsp3) is 0.800. The molecule has 0 aliphatic carbocycles. The zero-order valence-corrected chi connectivity index (χ0v) is 9.02. The Labute approximate surface area is 89.1 Å². The minimum absolute atomic E-state index is 0.300. The number of hydrogen-bond acceptors (Lipinski definition) is 5. The summed E-state index contributed by atoms with van der Waals surface area (Å²) in [5, 5.41) is 13.2. The van der Waals surface area contributed by atoms with E-state index in [1.54, 1.807) is 6.92 Å². The van der Waals surface area contributed by atoms with Crippen LogP contribution in [-0.4, -0.2) is 28.3 Å². The Morgan fingerprint density at radius 1 is 1.27 bits per heavy atom.